The van der Waals surface area contributed by atoms with E-state index in [0.717, 1.165) is 5.69 Å². The van der Waals surface area contributed by atoms with Crippen LogP contribution < -0.4 is 20.1 Å². The Balaban J connectivity index is 1.49. The summed E-state index contributed by atoms with van der Waals surface area (Å²) in [5.41, 5.74) is -0.652. The van der Waals surface area contributed by atoms with Crippen molar-refractivity contribution in [1.29, 1.82) is 0 Å². The summed E-state index contributed by atoms with van der Waals surface area (Å²) in [6.45, 7) is 19.7. The highest BCUT2D eigenvalue weighted by atomic mass is 35.5. The van der Waals surface area contributed by atoms with E-state index in [4.69, 9.17) is 35.5 Å². The van der Waals surface area contributed by atoms with E-state index in [9.17, 15) is 24.3 Å². The van der Waals surface area contributed by atoms with Crippen molar-refractivity contribution >= 4 is 57.7 Å². The molecule has 1 saturated carbocycles. The van der Waals surface area contributed by atoms with Gasteiger partial charge in [0, 0.05) is 42.0 Å². The van der Waals surface area contributed by atoms with Crippen LogP contribution in [-0.2, 0) is 23.9 Å². The number of benzene rings is 1. The van der Waals surface area contributed by atoms with E-state index in [2.05, 4.69) is 43.0 Å². The highest BCUT2D eigenvalue weighted by Crippen LogP contribution is 2.45. The van der Waals surface area contributed by atoms with Gasteiger partial charge in [-0.3, -0.25) is 9.59 Å². The SMILES string of the molecule is C=C[C@@H]1C[C@]1(NC(=O)[C@@H]1C[C@@H](Oc2cc(-c3nc(C)cs3)nc3c(Cl)c(OCCOC)ccc23)CN1C(=O)[C@@H](NC(=O)O[C@H](C)C[C@@H](C)C(C)C)C(C)(C)C)C(=O)O. The number of hydrogen-bond acceptors (Lipinski definition) is 11. The number of hydrogen-bond donors (Lipinski definition) is 3. The number of pyridine rings is 1. The number of carboxylic acid groups (broad SMARTS) is 1. The Hall–Kier alpha value is -4.47. The predicted molar refractivity (Wildman–Crippen MR) is 222 cm³/mol. The summed E-state index contributed by atoms with van der Waals surface area (Å²) in [5, 5.41) is 19.0. The van der Waals surface area contributed by atoms with E-state index in [1.165, 1.54) is 22.3 Å². The zero-order chi connectivity index (χ0) is 42.7. The van der Waals surface area contributed by atoms with Crippen LogP contribution >= 0.6 is 22.9 Å². The molecule has 0 unspecified atom stereocenters. The first-order valence-electron chi connectivity index (χ1n) is 19.6. The first-order valence-corrected chi connectivity index (χ1v) is 20.8. The summed E-state index contributed by atoms with van der Waals surface area (Å²) in [6.07, 6.45) is 0.411. The van der Waals surface area contributed by atoms with Gasteiger partial charge in [-0.15, -0.1) is 17.9 Å². The molecule has 1 aliphatic heterocycles. The summed E-state index contributed by atoms with van der Waals surface area (Å²) < 4.78 is 23.4. The highest BCUT2D eigenvalue weighted by molar-refractivity contribution is 7.13. The maximum absolute atomic E-state index is 14.7. The lowest BCUT2D eigenvalue weighted by atomic mass is 9.85. The fourth-order valence-electron chi connectivity index (χ4n) is 7.10. The second-order valence-corrected chi connectivity index (χ2v) is 18.1. The third kappa shape index (κ3) is 10.0. The number of rotatable bonds is 17. The van der Waals surface area contributed by atoms with Gasteiger partial charge in [0.15, 0.2) is 0 Å². The number of fused-ring (bicyclic) bond motifs is 1. The molecule has 3 aromatic rings. The number of carbonyl (C=O) groups excluding carboxylic acids is 3. The van der Waals surface area contributed by atoms with Crippen LogP contribution in [0.25, 0.3) is 21.6 Å². The molecule has 316 valence electrons. The molecular weight excluding hydrogens is 786 g/mol. The largest absolute Gasteiger partial charge is 0.490 e. The quantitative estimate of drug-likeness (QED) is 0.0937. The first-order chi connectivity index (χ1) is 27.3. The molecule has 7 atom stereocenters. The summed E-state index contributed by atoms with van der Waals surface area (Å²) in [7, 11) is 1.57. The maximum Gasteiger partial charge on any atom is 0.408 e. The number of likely N-dealkylation sites (tertiary alicyclic amines) is 1. The third-order valence-electron chi connectivity index (χ3n) is 10.9. The minimum Gasteiger partial charge on any atom is -0.490 e. The van der Waals surface area contributed by atoms with Crippen molar-refractivity contribution in [2.75, 3.05) is 26.9 Å². The second-order valence-electron chi connectivity index (χ2n) is 16.8. The summed E-state index contributed by atoms with van der Waals surface area (Å²) >= 11 is 8.31. The van der Waals surface area contributed by atoms with Gasteiger partial charge in [0.05, 0.1) is 18.7 Å². The van der Waals surface area contributed by atoms with Crippen LogP contribution in [-0.4, -0.2) is 101 Å². The summed E-state index contributed by atoms with van der Waals surface area (Å²) in [6, 6.07) is 2.97. The minimum absolute atomic E-state index is 0.0128. The van der Waals surface area contributed by atoms with Gasteiger partial charge in [-0.25, -0.2) is 19.6 Å². The zero-order valence-electron chi connectivity index (χ0n) is 34.7. The van der Waals surface area contributed by atoms with Gasteiger partial charge < -0.3 is 39.6 Å². The summed E-state index contributed by atoms with van der Waals surface area (Å²) in [4.78, 5) is 65.5. The molecule has 2 aliphatic rings. The summed E-state index contributed by atoms with van der Waals surface area (Å²) in [5.74, 6) is -1.39. The van der Waals surface area contributed by atoms with Gasteiger partial charge in [-0.1, -0.05) is 59.2 Å². The van der Waals surface area contributed by atoms with E-state index in [1.54, 1.807) is 46.1 Å². The van der Waals surface area contributed by atoms with Gasteiger partial charge in [0.1, 0.15) is 63.7 Å². The lowest BCUT2D eigenvalue weighted by Crippen LogP contribution is -2.59. The number of aromatic nitrogens is 2. The van der Waals surface area contributed by atoms with Crippen LogP contribution in [0.1, 0.15) is 73.4 Å². The molecule has 1 saturated heterocycles. The third-order valence-corrected chi connectivity index (χ3v) is 12.3. The number of nitrogens with zero attached hydrogens (tertiary/aromatic N) is 3. The minimum atomic E-state index is -1.54. The maximum atomic E-state index is 14.7. The van der Waals surface area contributed by atoms with Crippen molar-refractivity contribution in [2.24, 2.45) is 23.2 Å². The van der Waals surface area contributed by atoms with E-state index in [0.29, 0.717) is 58.0 Å². The molecular formula is C42H56ClN5O9S. The molecule has 14 nitrogen and oxygen atoms in total. The smallest absolute Gasteiger partial charge is 0.408 e. The average molecular weight is 842 g/mol. The molecule has 3 heterocycles. The number of aliphatic carboxylic acids is 1. The molecule has 2 fully saturated rings. The number of nitrogens with one attached hydrogen (secondary N) is 2. The standard InChI is InChI=1S/C42H56ClN5O9S/c1-11-26-19-42(26,39(51)52)47-36(49)30-17-27(20-48(30)38(50)35(41(7,8)9)46-40(53)56-25(6)16-23(4)22(2)3)57-32-18-29(37-44-24(5)21-58-37)45-34-28(32)12-13-31(33(34)43)55-15-14-54-10/h11-13,18,21-23,25-27,30,35H,1,14-17,19-20H2,2-10H3,(H,46,53)(H,47,49)(H,51,52)/t23-,25-,26-,27-,30+,35-,42-/m1/s1. The molecule has 2 aromatic heterocycles. The fraction of sp³-hybridized carbons (Fsp3) is 0.571. The van der Waals surface area contributed by atoms with E-state index in [1.807, 2.05) is 19.2 Å². The van der Waals surface area contributed by atoms with E-state index >= 15 is 0 Å². The van der Waals surface area contributed by atoms with Crippen LogP contribution in [0.5, 0.6) is 11.5 Å². The highest BCUT2D eigenvalue weighted by Gasteiger charge is 2.61. The Kier molecular flexibility index (Phi) is 14.0. The van der Waals surface area contributed by atoms with Gasteiger partial charge >= 0.3 is 12.1 Å². The van der Waals surface area contributed by atoms with Crippen molar-refractivity contribution in [2.45, 2.75) is 104 Å². The van der Waals surface area contributed by atoms with Crippen molar-refractivity contribution in [1.82, 2.24) is 25.5 Å². The van der Waals surface area contributed by atoms with Crippen molar-refractivity contribution in [3.63, 3.8) is 0 Å². The number of halogens is 1. The molecule has 5 rings (SSSR count). The Bertz CT molecular complexity index is 2020. The van der Waals surface area contributed by atoms with Crippen LogP contribution in [0.3, 0.4) is 0 Å². The molecule has 3 N–H and O–H groups in total. The van der Waals surface area contributed by atoms with Crippen molar-refractivity contribution in [3.8, 4) is 22.2 Å². The van der Waals surface area contributed by atoms with Gasteiger partial charge in [0.25, 0.3) is 0 Å². The molecule has 0 bridgehead atoms. The topological polar surface area (TPSA) is 179 Å². The number of thiazole rings is 1. The number of methoxy groups -OCH3 is 1. The van der Waals surface area contributed by atoms with Crippen LogP contribution in [0.15, 0.2) is 36.2 Å². The zero-order valence-corrected chi connectivity index (χ0v) is 36.3. The number of aryl methyl sites for hydroxylation is 1. The van der Waals surface area contributed by atoms with Gasteiger partial charge in [-0.2, -0.15) is 0 Å². The molecule has 0 spiro atoms. The monoisotopic (exact) mass is 841 g/mol. The normalized spacial score (nSPS) is 21.9. The Morgan fingerprint density at radius 3 is 2.45 bits per heavy atom. The van der Waals surface area contributed by atoms with Crippen LogP contribution in [0, 0.1) is 30.1 Å². The molecule has 1 aliphatic carbocycles. The second kappa shape index (κ2) is 18.2. The number of ether oxygens (including phenoxy) is 4. The van der Waals surface area contributed by atoms with Gasteiger partial charge in [0.2, 0.25) is 11.8 Å². The van der Waals surface area contributed by atoms with E-state index in [-0.39, 0.29) is 31.0 Å². The number of amides is 3. The molecule has 16 heteroatoms. The van der Waals surface area contributed by atoms with Crippen LogP contribution in [0.2, 0.25) is 5.02 Å². The predicted octanol–water partition coefficient (Wildman–Crippen LogP) is 7.05. The molecule has 3 amide bonds. The fourth-order valence-corrected chi connectivity index (χ4v) is 8.12. The first kappa shape index (κ1) is 44.6. The molecule has 58 heavy (non-hydrogen) atoms. The average Bonchev–Trinajstić information content (AvgIpc) is 3.43. The number of carbonyl (C=O) groups is 4. The Morgan fingerprint density at radius 1 is 1.14 bits per heavy atom. The van der Waals surface area contributed by atoms with Gasteiger partial charge in [-0.05, 0) is 56.1 Å². The Labute approximate surface area is 349 Å². The molecule has 1 aromatic carbocycles. The number of carboxylic acids is 1. The molecule has 0 radical (unpaired) electrons. The van der Waals surface area contributed by atoms with Crippen molar-refractivity contribution in [3.05, 3.63) is 47.0 Å². The number of alkyl carbamates (subject to hydrolysis) is 1. The lowest BCUT2D eigenvalue weighted by molar-refractivity contribution is -0.146. The van der Waals surface area contributed by atoms with E-state index < -0.39 is 65.0 Å². The van der Waals surface area contributed by atoms with Crippen LogP contribution in [0.4, 0.5) is 4.79 Å². The lowest BCUT2D eigenvalue weighted by Gasteiger charge is -2.35. The van der Waals surface area contributed by atoms with Crippen molar-refractivity contribution < 1.29 is 43.2 Å². The Morgan fingerprint density at radius 2 is 1.86 bits per heavy atom.